The Kier molecular flexibility index (Phi) is 11.1. The van der Waals surface area contributed by atoms with Gasteiger partial charge in [-0.1, -0.05) is 163 Å². The van der Waals surface area contributed by atoms with Gasteiger partial charge in [0.05, 0.1) is 6.61 Å². The van der Waals surface area contributed by atoms with Crippen LogP contribution >= 0.6 is 0 Å². The monoisotopic (exact) mass is 698 g/mol. The highest BCUT2D eigenvalue weighted by atomic mass is 28.4. The summed E-state index contributed by atoms with van der Waals surface area (Å²) in [6.07, 6.45) is -6.31. The van der Waals surface area contributed by atoms with Gasteiger partial charge in [0.1, 0.15) is 18.3 Å². The van der Waals surface area contributed by atoms with Crippen LogP contribution in [-0.4, -0.2) is 70.1 Å². The van der Waals surface area contributed by atoms with E-state index in [9.17, 15) is 15.0 Å². The lowest BCUT2D eigenvalue weighted by Crippen LogP contribution is -2.73. The SMILES string of the molecule is CC(=O)O[C@@H]1C(O)O[C@@H](CO[Si](c2ccccc2)(c2ccccc2)C(C)(C)C)[C@H](O[Si](c2ccccc2)(c2ccccc2)C(C)(C)C)[C@@H]1O. The van der Waals surface area contributed by atoms with E-state index in [-0.39, 0.29) is 11.6 Å². The normalized spacial score (nSPS) is 22.0. The number of benzene rings is 4. The standard InChI is InChI=1S/C40H50O7Si2/c1-29(41)45-37-35(42)36(47-49(40(5,6)7,32-24-16-10-17-25-32)33-26-18-11-19-27-33)34(46-38(37)43)28-44-48(39(2,3)4,30-20-12-8-13-21-30)31-22-14-9-15-23-31/h8-27,34-38,42-43H,28H2,1-7H3/t34-,35-,36-,37-,38?/m0/s1. The molecule has 1 saturated heterocycles. The molecule has 260 valence electrons. The topological polar surface area (TPSA) is 94.5 Å². The number of carbonyl (C=O) groups is 1. The smallest absolute Gasteiger partial charge is 0.303 e. The molecule has 4 aromatic rings. The third kappa shape index (κ3) is 7.25. The highest BCUT2D eigenvalue weighted by Crippen LogP contribution is 2.41. The minimum absolute atomic E-state index is 0.0110. The van der Waals surface area contributed by atoms with Crippen LogP contribution in [0.3, 0.4) is 0 Å². The third-order valence-electron chi connectivity index (χ3n) is 9.55. The van der Waals surface area contributed by atoms with E-state index in [4.69, 9.17) is 18.3 Å². The summed E-state index contributed by atoms with van der Waals surface area (Å²) in [5.41, 5.74) is 0. The van der Waals surface area contributed by atoms with Gasteiger partial charge in [-0.25, -0.2) is 0 Å². The van der Waals surface area contributed by atoms with Crippen molar-refractivity contribution in [2.24, 2.45) is 0 Å². The van der Waals surface area contributed by atoms with Gasteiger partial charge in [0.25, 0.3) is 16.6 Å². The Hall–Kier alpha value is -3.42. The van der Waals surface area contributed by atoms with Gasteiger partial charge in [-0.15, -0.1) is 0 Å². The summed E-state index contributed by atoms with van der Waals surface area (Å²) < 4.78 is 26.5. The summed E-state index contributed by atoms with van der Waals surface area (Å²) >= 11 is 0. The maximum atomic E-state index is 12.2. The highest BCUT2D eigenvalue weighted by Gasteiger charge is 2.58. The van der Waals surface area contributed by atoms with Crippen LogP contribution in [-0.2, 0) is 23.1 Å². The Morgan fingerprint density at radius 3 is 1.35 bits per heavy atom. The van der Waals surface area contributed by atoms with Gasteiger partial charge in [0.15, 0.2) is 12.4 Å². The van der Waals surface area contributed by atoms with E-state index < -0.39 is 58.3 Å². The molecular weight excluding hydrogens is 649 g/mol. The van der Waals surface area contributed by atoms with Crippen LogP contribution in [0, 0.1) is 0 Å². The summed E-state index contributed by atoms with van der Waals surface area (Å²) in [6, 6.07) is 40.8. The van der Waals surface area contributed by atoms with Crippen molar-refractivity contribution in [2.45, 2.75) is 89.2 Å². The van der Waals surface area contributed by atoms with Crippen LogP contribution in [0.2, 0.25) is 10.1 Å². The van der Waals surface area contributed by atoms with Crippen LogP contribution < -0.4 is 20.7 Å². The third-order valence-corrected chi connectivity index (χ3v) is 19.6. The lowest BCUT2D eigenvalue weighted by Gasteiger charge is -2.51. The van der Waals surface area contributed by atoms with Gasteiger partial charge < -0.3 is 28.5 Å². The van der Waals surface area contributed by atoms with E-state index in [1.54, 1.807) is 0 Å². The Morgan fingerprint density at radius 2 is 1.00 bits per heavy atom. The molecule has 1 heterocycles. The van der Waals surface area contributed by atoms with E-state index in [2.05, 4.69) is 90.1 Å². The summed E-state index contributed by atoms with van der Waals surface area (Å²) in [5.74, 6) is -0.641. The number of carbonyl (C=O) groups excluding carboxylic acids is 1. The predicted octanol–water partition coefficient (Wildman–Crippen LogP) is 4.52. The lowest BCUT2D eigenvalue weighted by atomic mass is 9.99. The molecule has 1 unspecified atom stereocenters. The van der Waals surface area contributed by atoms with Crippen LogP contribution in [0.25, 0.3) is 0 Å². The van der Waals surface area contributed by atoms with Crippen molar-refractivity contribution in [3.63, 3.8) is 0 Å². The number of ether oxygens (including phenoxy) is 2. The van der Waals surface area contributed by atoms with Crippen molar-refractivity contribution in [2.75, 3.05) is 6.61 Å². The molecule has 1 fully saturated rings. The van der Waals surface area contributed by atoms with Crippen LogP contribution in [0.5, 0.6) is 0 Å². The average molecular weight is 699 g/mol. The van der Waals surface area contributed by atoms with E-state index in [0.29, 0.717) is 0 Å². The number of aliphatic hydroxyl groups excluding tert-OH is 2. The second kappa shape index (κ2) is 14.8. The van der Waals surface area contributed by atoms with Crippen molar-refractivity contribution >= 4 is 43.4 Å². The van der Waals surface area contributed by atoms with Crippen molar-refractivity contribution in [1.82, 2.24) is 0 Å². The van der Waals surface area contributed by atoms with Crippen LogP contribution in [0.4, 0.5) is 0 Å². The van der Waals surface area contributed by atoms with Gasteiger partial charge in [0.2, 0.25) is 0 Å². The molecule has 1 aliphatic rings. The molecule has 0 amide bonds. The summed E-state index contributed by atoms with van der Waals surface area (Å²) in [4.78, 5) is 12.2. The van der Waals surface area contributed by atoms with Crippen molar-refractivity contribution in [1.29, 1.82) is 0 Å². The second-order valence-corrected chi connectivity index (χ2v) is 23.4. The first-order valence-electron chi connectivity index (χ1n) is 16.9. The van der Waals surface area contributed by atoms with Crippen molar-refractivity contribution < 1.29 is 33.3 Å². The molecule has 0 aromatic heterocycles. The molecule has 2 N–H and O–H groups in total. The fourth-order valence-corrected chi connectivity index (χ4v) is 16.7. The summed E-state index contributed by atoms with van der Waals surface area (Å²) in [5, 5.41) is 26.8. The molecule has 5 rings (SSSR count). The Bertz CT molecular complexity index is 1560. The van der Waals surface area contributed by atoms with E-state index in [1.807, 2.05) is 72.8 Å². The Balaban J connectivity index is 1.66. The number of esters is 1. The number of hydrogen-bond donors (Lipinski definition) is 2. The first-order chi connectivity index (χ1) is 23.2. The fraction of sp³-hybridized carbons (Fsp3) is 0.375. The van der Waals surface area contributed by atoms with Gasteiger partial charge in [-0.05, 0) is 30.8 Å². The molecule has 0 bridgehead atoms. The fourth-order valence-electron chi connectivity index (χ4n) is 7.37. The zero-order chi connectivity index (χ0) is 35.5. The first-order valence-corrected chi connectivity index (χ1v) is 20.8. The van der Waals surface area contributed by atoms with E-state index >= 15 is 0 Å². The molecule has 49 heavy (non-hydrogen) atoms. The maximum absolute atomic E-state index is 12.2. The summed E-state index contributed by atoms with van der Waals surface area (Å²) in [7, 11) is -6.30. The lowest BCUT2D eigenvalue weighted by molar-refractivity contribution is -0.286. The zero-order valence-corrected chi connectivity index (χ0v) is 31.6. The quantitative estimate of drug-likeness (QED) is 0.186. The molecule has 5 atom stereocenters. The molecule has 0 aliphatic carbocycles. The molecule has 7 nitrogen and oxygen atoms in total. The minimum atomic E-state index is -3.26. The summed E-state index contributed by atoms with van der Waals surface area (Å²) in [6.45, 7) is 14.3. The Labute approximate surface area is 293 Å². The van der Waals surface area contributed by atoms with Crippen LogP contribution in [0.15, 0.2) is 121 Å². The zero-order valence-electron chi connectivity index (χ0n) is 29.6. The number of hydrogen-bond acceptors (Lipinski definition) is 7. The predicted molar refractivity (Wildman–Crippen MR) is 199 cm³/mol. The number of aliphatic hydroxyl groups is 2. The average Bonchev–Trinajstić information content (AvgIpc) is 3.07. The van der Waals surface area contributed by atoms with Crippen molar-refractivity contribution in [3.05, 3.63) is 121 Å². The van der Waals surface area contributed by atoms with Gasteiger partial charge in [0, 0.05) is 6.92 Å². The molecule has 0 spiro atoms. The molecule has 1 aliphatic heterocycles. The molecule has 4 aromatic carbocycles. The first kappa shape index (κ1) is 36.9. The largest absolute Gasteiger partial charge is 0.454 e. The Morgan fingerprint density at radius 1 is 0.633 bits per heavy atom. The van der Waals surface area contributed by atoms with Crippen molar-refractivity contribution in [3.8, 4) is 0 Å². The molecule has 0 radical (unpaired) electrons. The van der Waals surface area contributed by atoms with Gasteiger partial charge in [-0.2, -0.15) is 0 Å². The highest BCUT2D eigenvalue weighted by molar-refractivity contribution is 7.00. The maximum Gasteiger partial charge on any atom is 0.303 e. The van der Waals surface area contributed by atoms with Crippen LogP contribution in [0.1, 0.15) is 48.5 Å². The molecule has 9 heteroatoms. The molecular formula is C40H50O7Si2. The number of rotatable bonds is 10. The van der Waals surface area contributed by atoms with E-state index in [0.717, 1.165) is 20.7 Å². The second-order valence-electron chi connectivity index (χ2n) is 14.8. The molecule has 0 saturated carbocycles. The minimum Gasteiger partial charge on any atom is -0.454 e. The van der Waals surface area contributed by atoms with Gasteiger partial charge in [-0.3, -0.25) is 4.79 Å². The van der Waals surface area contributed by atoms with E-state index in [1.165, 1.54) is 6.92 Å². The van der Waals surface area contributed by atoms with Gasteiger partial charge >= 0.3 is 5.97 Å².